The molecule has 5 aromatic rings. The minimum atomic E-state index is -0.928. The van der Waals surface area contributed by atoms with E-state index in [1.165, 1.54) is 10.9 Å². The van der Waals surface area contributed by atoms with Gasteiger partial charge < -0.3 is 25.4 Å². The van der Waals surface area contributed by atoms with Gasteiger partial charge >= 0.3 is 0 Å². The number of benzene rings is 2. The van der Waals surface area contributed by atoms with Crippen LogP contribution in [0.3, 0.4) is 0 Å². The lowest BCUT2D eigenvalue weighted by atomic mass is 9.99. The van der Waals surface area contributed by atoms with Gasteiger partial charge in [0.1, 0.15) is 17.6 Å². The van der Waals surface area contributed by atoms with Crippen LogP contribution in [0.1, 0.15) is 23.0 Å². The Balaban J connectivity index is 1.25. The first-order chi connectivity index (χ1) is 22.2. The molecule has 3 N–H and O–H groups in total. The average molecular weight is 638 g/mol. The number of carbonyl (C=O) groups excluding carboxylic acids is 2. The minimum Gasteiger partial charge on any atom is -0.354 e. The number of hydrogen-bond donors (Lipinski definition) is 3. The zero-order chi connectivity index (χ0) is 32.2. The third kappa shape index (κ3) is 6.95. The Bertz CT molecular complexity index is 1850. The van der Waals surface area contributed by atoms with Gasteiger partial charge in [0, 0.05) is 69.3 Å². The molecule has 0 unspecified atom stereocenters. The lowest BCUT2D eigenvalue weighted by molar-refractivity contribution is -0.118. The van der Waals surface area contributed by atoms with Gasteiger partial charge in [0.05, 0.1) is 18.2 Å². The van der Waals surface area contributed by atoms with Crippen LogP contribution in [0.2, 0.25) is 5.02 Å². The van der Waals surface area contributed by atoms with E-state index in [-0.39, 0.29) is 12.3 Å². The first-order valence-corrected chi connectivity index (χ1v) is 15.5. The van der Waals surface area contributed by atoms with Crippen molar-refractivity contribution >= 4 is 34.9 Å². The molecule has 2 aromatic carbocycles. The minimum absolute atomic E-state index is 0.169. The molecule has 1 aliphatic rings. The van der Waals surface area contributed by atoms with E-state index < -0.39 is 11.9 Å². The van der Waals surface area contributed by atoms with Crippen molar-refractivity contribution < 1.29 is 9.59 Å². The highest BCUT2D eigenvalue weighted by Crippen LogP contribution is 2.29. The highest BCUT2D eigenvalue weighted by atomic mass is 35.5. The maximum Gasteiger partial charge on any atom is 0.270 e. The Hall–Kier alpha value is -5.00. The fraction of sp³-hybridized carbons (Fsp3) is 0.265. The molecule has 2 amide bonds. The number of halogens is 1. The normalized spacial score (nSPS) is 15.4. The second-order valence-corrected chi connectivity index (χ2v) is 11.9. The number of pyridine rings is 1. The fourth-order valence-electron chi connectivity index (χ4n) is 5.67. The largest absolute Gasteiger partial charge is 0.354 e. The summed E-state index contributed by atoms with van der Waals surface area (Å²) in [6, 6.07) is 18.3. The molecule has 4 heterocycles. The van der Waals surface area contributed by atoms with Crippen molar-refractivity contribution in [2.24, 2.45) is 14.1 Å². The van der Waals surface area contributed by atoms with Gasteiger partial charge in [0.15, 0.2) is 0 Å². The zero-order valence-electron chi connectivity index (χ0n) is 25.9. The number of piperazine rings is 1. The van der Waals surface area contributed by atoms with E-state index in [4.69, 9.17) is 11.6 Å². The summed E-state index contributed by atoms with van der Waals surface area (Å²) in [7, 11) is 3.60. The SMILES string of the molecule is C[C@H]1CN(c2cc(-c3ccc(Cl)c(C[C@H](NC(=O)c4ccnn4C)C(=O)Nc4ccc(-c5cncn5C)cc4)c3)ccn2)CCN1. The molecule has 1 saturated heterocycles. The smallest absolute Gasteiger partial charge is 0.270 e. The fourth-order valence-corrected chi connectivity index (χ4v) is 5.86. The van der Waals surface area contributed by atoms with Crippen molar-refractivity contribution in [1.82, 2.24) is 34.9 Å². The summed E-state index contributed by atoms with van der Waals surface area (Å²) in [5.74, 6) is 0.129. The summed E-state index contributed by atoms with van der Waals surface area (Å²) in [5, 5.41) is 13.9. The second kappa shape index (κ2) is 13.6. The zero-order valence-corrected chi connectivity index (χ0v) is 26.7. The molecule has 2 atom stereocenters. The summed E-state index contributed by atoms with van der Waals surface area (Å²) in [4.78, 5) is 38.1. The van der Waals surface area contributed by atoms with E-state index in [0.29, 0.717) is 22.4 Å². The predicted molar refractivity (Wildman–Crippen MR) is 180 cm³/mol. The third-order valence-corrected chi connectivity index (χ3v) is 8.55. The first-order valence-electron chi connectivity index (χ1n) is 15.1. The molecule has 46 heavy (non-hydrogen) atoms. The van der Waals surface area contributed by atoms with Crippen LogP contribution >= 0.6 is 11.6 Å². The van der Waals surface area contributed by atoms with Crippen LogP contribution in [0.25, 0.3) is 22.4 Å². The number of rotatable bonds is 9. The van der Waals surface area contributed by atoms with Crippen LogP contribution in [0.4, 0.5) is 11.5 Å². The number of anilines is 2. The number of hydrogen-bond acceptors (Lipinski definition) is 7. The average Bonchev–Trinajstić information content (AvgIpc) is 3.69. The Morgan fingerprint density at radius 2 is 1.80 bits per heavy atom. The lowest BCUT2D eigenvalue weighted by Gasteiger charge is -2.32. The monoisotopic (exact) mass is 637 g/mol. The molecule has 6 rings (SSSR count). The molecule has 0 saturated carbocycles. The van der Waals surface area contributed by atoms with Gasteiger partial charge in [-0.25, -0.2) is 9.97 Å². The molecule has 0 bridgehead atoms. The van der Waals surface area contributed by atoms with E-state index in [1.54, 1.807) is 25.6 Å². The standard InChI is InChI=1S/C34H36ClN9O2/c1-22-20-44(15-14-37-22)32-18-25(10-12-38-32)24-6-9-28(35)26(16-24)17-29(41-34(46)30-11-13-39-43(30)3)33(45)40-27-7-4-23(5-8-27)31-19-36-21-42(31)2/h4-13,16,18-19,21-22,29,37H,14-15,17,20H2,1-3H3,(H,40,45)(H,41,46)/t22-,29-/m0/s1. The van der Waals surface area contributed by atoms with Gasteiger partial charge in [-0.3, -0.25) is 14.3 Å². The van der Waals surface area contributed by atoms with E-state index >= 15 is 0 Å². The first kappa shape index (κ1) is 31.0. The van der Waals surface area contributed by atoms with Crippen LogP contribution in [-0.4, -0.2) is 67.8 Å². The Morgan fingerprint density at radius 3 is 2.52 bits per heavy atom. The maximum atomic E-state index is 13.8. The van der Waals surface area contributed by atoms with E-state index in [1.807, 2.05) is 66.3 Å². The summed E-state index contributed by atoms with van der Waals surface area (Å²) < 4.78 is 3.39. The Labute approximate surface area is 272 Å². The van der Waals surface area contributed by atoms with Crippen molar-refractivity contribution in [3.8, 4) is 22.4 Å². The van der Waals surface area contributed by atoms with Crippen LogP contribution < -0.4 is 20.9 Å². The maximum absolute atomic E-state index is 13.8. The topological polar surface area (TPSA) is 122 Å². The van der Waals surface area contributed by atoms with Gasteiger partial charge in [0.25, 0.3) is 5.91 Å². The summed E-state index contributed by atoms with van der Waals surface area (Å²) >= 11 is 6.71. The molecule has 12 heteroatoms. The molecule has 11 nitrogen and oxygen atoms in total. The van der Waals surface area contributed by atoms with Crippen LogP contribution in [0.5, 0.6) is 0 Å². The summed E-state index contributed by atoms with van der Waals surface area (Å²) in [5.41, 5.74) is 5.51. The lowest BCUT2D eigenvalue weighted by Crippen LogP contribution is -2.49. The van der Waals surface area contributed by atoms with Crippen molar-refractivity contribution in [2.75, 3.05) is 29.9 Å². The number of aryl methyl sites for hydroxylation is 2. The number of amides is 2. The molecule has 0 spiro atoms. The molecule has 0 radical (unpaired) electrons. The van der Waals surface area contributed by atoms with Crippen molar-refractivity contribution in [3.63, 3.8) is 0 Å². The number of nitrogens with one attached hydrogen (secondary N) is 3. The number of imidazole rings is 1. The predicted octanol–water partition coefficient (Wildman–Crippen LogP) is 4.31. The molecule has 3 aromatic heterocycles. The number of aromatic nitrogens is 5. The number of carbonyl (C=O) groups is 2. The van der Waals surface area contributed by atoms with Crippen molar-refractivity contribution in [2.45, 2.75) is 25.4 Å². The quantitative estimate of drug-likeness (QED) is 0.220. The van der Waals surface area contributed by atoms with Gasteiger partial charge in [-0.1, -0.05) is 29.8 Å². The van der Waals surface area contributed by atoms with E-state index in [0.717, 1.165) is 53.4 Å². The molecule has 1 aliphatic heterocycles. The third-order valence-electron chi connectivity index (χ3n) is 8.18. The van der Waals surface area contributed by atoms with Crippen molar-refractivity contribution in [3.05, 3.63) is 102 Å². The van der Waals surface area contributed by atoms with Gasteiger partial charge in [0.2, 0.25) is 5.91 Å². The van der Waals surface area contributed by atoms with Crippen LogP contribution in [0, 0.1) is 0 Å². The van der Waals surface area contributed by atoms with E-state index in [9.17, 15) is 9.59 Å². The van der Waals surface area contributed by atoms with Gasteiger partial charge in [-0.15, -0.1) is 0 Å². The molecule has 236 valence electrons. The Kier molecular flexibility index (Phi) is 9.13. The molecular weight excluding hydrogens is 602 g/mol. The van der Waals surface area contributed by atoms with Crippen LogP contribution in [-0.2, 0) is 25.3 Å². The van der Waals surface area contributed by atoms with E-state index in [2.05, 4.69) is 48.9 Å². The van der Waals surface area contributed by atoms with Gasteiger partial charge in [-0.05, 0) is 71.6 Å². The molecule has 1 fully saturated rings. The number of nitrogens with zero attached hydrogens (tertiary/aromatic N) is 6. The van der Waals surface area contributed by atoms with Crippen LogP contribution in [0.15, 0.2) is 85.6 Å². The highest BCUT2D eigenvalue weighted by molar-refractivity contribution is 6.31. The van der Waals surface area contributed by atoms with Gasteiger partial charge in [-0.2, -0.15) is 5.10 Å². The Morgan fingerprint density at radius 1 is 1.02 bits per heavy atom. The summed E-state index contributed by atoms with van der Waals surface area (Å²) in [6.07, 6.45) is 7.05. The summed E-state index contributed by atoms with van der Waals surface area (Å²) in [6.45, 7) is 4.83. The van der Waals surface area contributed by atoms with Crippen molar-refractivity contribution in [1.29, 1.82) is 0 Å². The second-order valence-electron chi connectivity index (χ2n) is 11.5. The molecular formula is C34H36ClN9O2. The highest BCUT2D eigenvalue weighted by Gasteiger charge is 2.25. The molecule has 0 aliphatic carbocycles.